The Labute approximate surface area is 118 Å². The first-order chi connectivity index (χ1) is 9.48. The van der Waals surface area contributed by atoms with Crippen LogP contribution in [-0.2, 0) is 4.79 Å². The van der Waals surface area contributed by atoms with Gasteiger partial charge in [-0.1, -0.05) is 56.3 Å². The molecule has 0 heterocycles. The molecule has 0 bridgehead atoms. The lowest BCUT2D eigenvalue weighted by Crippen LogP contribution is -2.50. The van der Waals surface area contributed by atoms with Gasteiger partial charge < -0.3 is 10.5 Å². The van der Waals surface area contributed by atoms with Gasteiger partial charge in [-0.05, 0) is 23.1 Å². The lowest BCUT2D eigenvalue weighted by molar-refractivity contribution is -0.111. The Balaban J connectivity index is 2.52. The number of nitrogens with two attached hydrogens (primary N) is 1. The predicted octanol–water partition coefficient (Wildman–Crippen LogP) is 2.97. The number of carbonyl (C=O) groups is 2. The molecule has 2 N–H and O–H groups in total. The Morgan fingerprint density at radius 3 is 2.50 bits per heavy atom. The summed E-state index contributed by atoms with van der Waals surface area (Å²) in [5.41, 5.74) is 5.11. The van der Waals surface area contributed by atoms with Gasteiger partial charge in [0.2, 0.25) is 0 Å². The third kappa shape index (κ3) is 2.63. The minimum atomic E-state index is -1.45. The second-order valence-corrected chi connectivity index (χ2v) is 5.61. The van der Waals surface area contributed by atoms with Crippen LogP contribution >= 0.6 is 0 Å². The van der Waals surface area contributed by atoms with Crippen LogP contribution in [0.2, 0.25) is 0 Å². The summed E-state index contributed by atoms with van der Waals surface area (Å²) in [7, 11) is 0. The van der Waals surface area contributed by atoms with Crippen molar-refractivity contribution in [2.75, 3.05) is 0 Å². The van der Waals surface area contributed by atoms with Gasteiger partial charge >= 0.3 is 0 Å². The highest BCUT2D eigenvalue weighted by molar-refractivity contribution is 6.18. The van der Waals surface area contributed by atoms with Crippen LogP contribution in [0, 0.1) is 5.92 Å². The average molecular weight is 269 g/mol. The Morgan fingerprint density at radius 1 is 1.20 bits per heavy atom. The molecule has 104 valence electrons. The normalized spacial score (nSPS) is 14.2. The smallest absolute Gasteiger partial charge is 0.190 e. The molecule has 0 aliphatic carbocycles. The van der Waals surface area contributed by atoms with Crippen LogP contribution in [0.1, 0.15) is 30.6 Å². The fraction of sp³-hybridized carbons (Fsp3) is 0.294. The molecule has 0 radical (unpaired) electrons. The fourth-order valence-electron chi connectivity index (χ4n) is 2.54. The number of aldehydes is 1. The zero-order valence-corrected chi connectivity index (χ0v) is 11.8. The van der Waals surface area contributed by atoms with Crippen molar-refractivity contribution >= 4 is 22.8 Å². The van der Waals surface area contributed by atoms with E-state index in [0.717, 1.165) is 10.8 Å². The topological polar surface area (TPSA) is 60.2 Å². The number of hydrogen-bond acceptors (Lipinski definition) is 3. The monoisotopic (exact) mass is 269 g/mol. The number of ketones is 1. The minimum Gasteiger partial charge on any atom is -0.313 e. The first kappa shape index (κ1) is 14.4. The minimum absolute atomic E-state index is 0.170. The average Bonchev–Trinajstić information content (AvgIpc) is 2.45. The lowest BCUT2D eigenvalue weighted by Gasteiger charge is -2.24. The molecule has 3 heteroatoms. The van der Waals surface area contributed by atoms with Crippen LogP contribution < -0.4 is 5.73 Å². The molecule has 3 nitrogen and oxygen atoms in total. The van der Waals surface area contributed by atoms with E-state index in [-0.39, 0.29) is 11.7 Å². The molecule has 0 saturated carbocycles. The lowest BCUT2D eigenvalue weighted by atomic mass is 9.83. The van der Waals surface area contributed by atoms with Crippen LogP contribution in [0.25, 0.3) is 10.8 Å². The summed E-state index contributed by atoms with van der Waals surface area (Å²) < 4.78 is 0. The van der Waals surface area contributed by atoms with Crippen LogP contribution in [-0.4, -0.2) is 17.6 Å². The van der Waals surface area contributed by atoms with Gasteiger partial charge in [-0.3, -0.25) is 4.79 Å². The third-order valence-corrected chi connectivity index (χ3v) is 3.41. The summed E-state index contributed by atoms with van der Waals surface area (Å²) in [6.45, 7) is 3.89. The second-order valence-electron chi connectivity index (χ2n) is 5.61. The maximum absolute atomic E-state index is 12.7. The van der Waals surface area contributed by atoms with Crippen molar-refractivity contribution < 1.29 is 9.59 Å². The van der Waals surface area contributed by atoms with Crippen LogP contribution in [0.4, 0.5) is 0 Å². The van der Waals surface area contributed by atoms with Gasteiger partial charge in [0, 0.05) is 5.56 Å². The summed E-state index contributed by atoms with van der Waals surface area (Å²) in [6, 6.07) is 13.1. The number of rotatable bonds is 5. The number of carbonyl (C=O) groups excluding carboxylic acids is 2. The molecule has 2 rings (SSSR count). The SMILES string of the molecule is CC(C)C[C@](N)(C=O)C(=O)c1cccc2ccccc12. The molecule has 0 fully saturated rings. The summed E-state index contributed by atoms with van der Waals surface area (Å²) in [6.07, 6.45) is 0.926. The molecule has 20 heavy (non-hydrogen) atoms. The molecule has 1 atom stereocenters. The van der Waals surface area contributed by atoms with Crippen molar-refractivity contribution in [2.24, 2.45) is 11.7 Å². The van der Waals surface area contributed by atoms with Gasteiger partial charge in [0.25, 0.3) is 0 Å². The molecular formula is C17H19NO2. The molecule has 0 spiro atoms. The van der Waals surface area contributed by atoms with E-state index in [1.54, 1.807) is 6.07 Å². The van der Waals surface area contributed by atoms with Gasteiger partial charge in [-0.2, -0.15) is 0 Å². The predicted molar refractivity (Wildman–Crippen MR) is 80.7 cm³/mol. The summed E-state index contributed by atoms with van der Waals surface area (Å²) in [5, 5.41) is 1.80. The van der Waals surface area contributed by atoms with Crippen LogP contribution in [0.15, 0.2) is 42.5 Å². The molecule has 0 aliphatic rings. The van der Waals surface area contributed by atoms with Gasteiger partial charge in [0.15, 0.2) is 5.78 Å². The summed E-state index contributed by atoms with van der Waals surface area (Å²) in [5.74, 6) is -0.137. The number of hydrogen-bond donors (Lipinski definition) is 1. The molecular weight excluding hydrogens is 250 g/mol. The van der Waals surface area contributed by atoms with Crippen molar-refractivity contribution in [3.63, 3.8) is 0 Å². The van der Waals surface area contributed by atoms with E-state index in [2.05, 4.69) is 0 Å². The molecule has 0 aliphatic heterocycles. The highest BCUT2D eigenvalue weighted by Crippen LogP contribution is 2.24. The van der Waals surface area contributed by atoms with Gasteiger partial charge in [-0.25, -0.2) is 0 Å². The molecule has 0 unspecified atom stereocenters. The van der Waals surface area contributed by atoms with E-state index < -0.39 is 5.54 Å². The van der Waals surface area contributed by atoms with E-state index in [1.807, 2.05) is 50.2 Å². The Hall–Kier alpha value is -2.00. The molecule has 2 aromatic rings. The maximum atomic E-state index is 12.7. The second kappa shape index (κ2) is 5.55. The number of fused-ring (bicyclic) bond motifs is 1. The molecule has 0 saturated heterocycles. The zero-order valence-electron chi connectivity index (χ0n) is 11.8. The fourth-order valence-corrected chi connectivity index (χ4v) is 2.54. The maximum Gasteiger partial charge on any atom is 0.190 e. The van der Waals surface area contributed by atoms with Crippen LogP contribution in [0.3, 0.4) is 0 Å². The van der Waals surface area contributed by atoms with Gasteiger partial charge in [0.05, 0.1) is 0 Å². The van der Waals surface area contributed by atoms with Crippen molar-refractivity contribution in [2.45, 2.75) is 25.8 Å². The highest BCUT2D eigenvalue weighted by atomic mass is 16.1. The Kier molecular flexibility index (Phi) is 4.00. The van der Waals surface area contributed by atoms with Crippen molar-refractivity contribution in [3.05, 3.63) is 48.0 Å². The zero-order chi connectivity index (χ0) is 14.8. The van der Waals surface area contributed by atoms with E-state index in [1.165, 1.54) is 0 Å². The van der Waals surface area contributed by atoms with Gasteiger partial charge in [0.1, 0.15) is 11.8 Å². The molecule has 2 aromatic carbocycles. The summed E-state index contributed by atoms with van der Waals surface area (Å²) in [4.78, 5) is 24.1. The number of Topliss-reactive ketones (excluding diaryl/α,β-unsaturated/α-hetero) is 1. The Morgan fingerprint density at radius 2 is 1.85 bits per heavy atom. The third-order valence-electron chi connectivity index (χ3n) is 3.41. The van der Waals surface area contributed by atoms with E-state index >= 15 is 0 Å². The van der Waals surface area contributed by atoms with E-state index in [9.17, 15) is 9.59 Å². The Bertz CT molecular complexity index is 643. The largest absolute Gasteiger partial charge is 0.313 e. The van der Waals surface area contributed by atoms with E-state index in [0.29, 0.717) is 18.3 Å². The first-order valence-electron chi connectivity index (χ1n) is 6.76. The first-order valence-corrected chi connectivity index (χ1v) is 6.76. The standard InChI is InChI=1S/C17H19NO2/c1-12(2)10-17(18,11-19)16(20)15-9-5-7-13-6-3-4-8-14(13)15/h3-9,11-12H,10,18H2,1-2H3/t17-/m0/s1. The van der Waals surface area contributed by atoms with Crippen LogP contribution in [0.5, 0.6) is 0 Å². The van der Waals surface area contributed by atoms with Crippen molar-refractivity contribution in [3.8, 4) is 0 Å². The van der Waals surface area contributed by atoms with Crippen molar-refractivity contribution in [1.29, 1.82) is 0 Å². The molecule has 0 aromatic heterocycles. The summed E-state index contributed by atoms with van der Waals surface area (Å²) >= 11 is 0. The van der Waals surface area contributed by atoms with Gasteiger partial charge in [-0.15, -0.1) is 0 Å². The highest BCUT2D eigenvalue weighted by Gasteiger charge is 2.35. The quantitative estimate of drug-likeness (QED) is 0.515. The molecule has 0 amide bonds. The number of benzene rings is 2. The van der Waals surface area contributed by atoms with E-state index in [4.69, 9.17) is 5.73 Å². The van der Waals surface area contributed by atoms with Crippen molar-refractivity contribution in [1.82, 2.24) is 0 Å².